The summed E-state index contributed by atoms with van der Waals surface area (Å²) in [7, 11) is 1.56. The van der Waals surface area contributed by atoms with Crippen LogP contribution in [0.2, 0.25) is 0 Å². The van der Waals surface area contributed by atoms with Crippen LogP contribution in [0.1, 0.15) is 5.56 Å². The highest BCUT2D eigenvalue weighted by Crippen LogP contribution is 2.34. The number of hydrogen-bond acceptors (Lipinski definition) is 5. The minimum Gasteiger partial charge on any atom is -0.495 e. The molecule has 0 bridgehead atoms. The second-order valence-electron chi connectivity index (χ2n) is 4.91. The van der Waals surface area contributed by atoms with E-state index in [0.717, 1.165) is 15.5 Å². The number of nitrogens with two attached hydrogens (primary N) is 1. The first-order valence-electron chi connectivity index (χ1n) is 6.81. The van der Waals surface area contributed by atoms with Crippen molar-refractivity contribution in [3.8, 4) is 11.8 Å². The second-order valence-corrected chi connectivity index (χ2v) is 5.82. The molecular weight excluding hydrogens is 356 g/mol. The lowest BCUT2D eigenvalue weighted by Crippen LogP contribution is -1.99. The zero-order valence-corrected chi connectivity index (χ0v) is 13.9. The van der Waals surface area contributed by atoms with Gasteiger partial charge >= 0.3 is 0 Å². The molecule has 0 atom stereocenters. The van der Waals surface area contributed by atoms with Crippen LogP contribution in [0.25, 0.3) is 10.9 Å². The number of nitrogens with one attached hydrogen (secondary N) is 1. The van der Waals surface area contributed by atoms with Crippen molar-refractivity contribution < 1.29 is 4.74 Å². The summed E-state index contributed by atoms with van der Waals surface area (Å²) in [5.74, 6) is 0.558. The molecule has 3 N–H and O–H groups in total. The van der Waals surface area contributed by atoms with Gasteiger partial charge in [-0.2, -0.15) is 5.26 Å². The van der Waals surface area contributed by atoms with Crippen LogP contribution in [0, 0.1) is 11.3 Å². The van der Waals surface area contributed by atoms with Crippen LogP contribution in [-0.2, 0) is 0 Å². The molecule has 0 saturated heterocycles. The normalized spacial score (nSPS) is 10.3. The molecule has 0 saturated carbocycles. The smallest absolute Gasteiger partial charge is 0.143 e. The van der Waals surface area contributed by atoms with Crippen molar-refractivity contribution in [3.63, 3.8) is 0 Å². The maximum Gasteiger partial charge on any atom is 0.143 e. The van der Waals surface area contributed by atoms with Crippen LogP contribution in [0.3, 0.4) is 0 Å². The van der Waals surface area contributed by atoms with Gasteiger partial charge in [0, 0.05) is 27.8 Å². The molecule has 3 aromatic rings. The Labute approximate surface area is 141 Å². The van der Waals surface area contributed by atoms with Gasteiger partial charge in [-0.1, -0.05) is 22.0 Å². The average Bonchev–Trinajstić information content (AvgIpc) is 2.55. The lowest BCUT2D eigenvalue weighted by molar-refractivity contribution is 0.417. The number of nitrogen functional groups attached to an aromatic ring is 1. The first kappa shape index (κ1) is 15.1. The summed E-state index contributed by atoms with van der Waals surface area (Å²) in [4.78, 5) is 4.31. The number of nitrogens with zero attached hydrogens (tertiary/aromatic N) is 2. The SMILES string of the molecule is COc1cc2ncc(C#N)c(Nc3cccc(Br)c3)c2cc1N. The fraction of sp³-hybridized carbons (Fsp3) is 0.0588. The first-order chi connectivity index (χ1) is 11.1. The minimum atomic E-state index is 0.446. The van der Waals surface area contributed by atoms with E-state index in [0.29, 0.717) is 28.2 Å². The molecule has 0 spiro atoms. The highest BCUT2D eigenvalue weighted by atomic mass is 79.9. The minimum absolute atomic E-state index is 0.446. The van der Waals surface area contributed by atoms with E-state index in [1.165, 1.54) is 6.20 Å². The number of pyridine rings is 1. The molecule has 0 unspecified atom stereocenters. The molecule has 3 rings (SSSR count). The lowest BCUT2D eigenvalue weighted by atomic mass is 10.1. The van der Waals surface area contributed by atoms with Crippen molar-refractivity contribution in [2.75, 3.05) is 18.2 Å². The Morgan fingerprint density at radius 1 is 1.30 bits per heavy atom. The van der Waals surface area contributed by atoms with Crippen molar-refractivity contribution >= 4 is 43.9 Å². The molecule has 0 radical (unpaired) electrons. The molecule has 23 heavy (non-hydrogen) atoms. The molecule has 2 aromatic carbocycles. The van der Waals surface area contributed by atoms with Gasteiger partial charge in [-0.25, -0.2) is 0 Å². The third kappa shape index (κ3) is 2.91. The number of nitriles is 1. The third-order valence-electron chi connectivity index (χ3n) is 3.43. The predicted molar refractivity (Wildman–Crippen MR) is 94.8 cm³/mol. The molecular formula is C17H13BrN4O. The number of benzene rings is 2. The van der Waals surface area contributed by atoms with Gasteiger partial charge in [-0.15, -0.1) is 0 Å². The van der Waals surface area contributed by atoms with Gasteiger partial charge in [0.1, 0.15) is 11.8 Å². The summed E-state index contributed by atoms with van der Waals surface area (Å²) in [5, 5.41) is 13.4. The Bertz CT molecular complexity index is 934. The molecule has 5 nitrogen and oxygen atoms in total. The van der Waals surface area contributed by atoms with Gasteiger partial charge in [0.2, 0.25) is 0 Å². The van der Waals surface area contributed by atoms with E-state index in [2.05, 4.69) is 32.3 Å². The topological polar surface area (TPSA) is 84.0 Å². The van der Waals surface area contributed by atoms with Crippen molar-refractivity contribution in [2.45, 2.75) is 0 Å². The highest BCUT2D eigenvalue weighted by Gasteiger charge is 2.12. The molecule has 0 amide bonds. The summed E-state index contributed by atoms with van der Waals surface area (Å²) in [5.41, 5.74) is 9.18. The van der Waals surface area contributed by atoms with Gasteiger partial charge < -0.3 is 15.8 Å². The molecule has 0 aliphatic rings. The maximum absolute atomic E-state index is 9.39. The fourth-order valence-electron chi connectivity index (χ4n) is 2.34. The molecule has 0 fully saturated rings. The molecule has 0 aliphatic heterocycles. The lowest BCUT2D eigenvalue weighted by Gasteiger charge is -2.13. The van der Waals surface area contributed by atoms with E-state index in [-0.39, 0.29) is 0 Å². The van der Waals surface area contributed by atoms with Crippen molar-refractivity contribution in [1.82, 2.24) is 4.98 Å². The standard InChI is InChI=1S/C17H13BrN4O/c1-23-16-7-15-13(6-14(16)20)17(10(8-19)9-21-15)22-12-4-2-3-11(18)5-12/h2-7,9H,20H2,1H3,(H,21,22). The number of anilines is 3. The van der Waals surface area contributed by atoms with E-state index >= 15 is 0 Å². The highest BCUT2D eigenvalue weighted by molar-refractivity contribution is 9.10. The number of methoxy groups -OCH3 is 1. The van der Waals surface area contributed by atoms with Crippen molar-refractivity contribution in [3.05, 3.63) is 52.6 Å². The largest absolute Gasteiger partial charge is 0.495 e. The second kappa shape index (κ2) is 6.15. The van der Waals surface area contributed by atoms with Gasteiger partial charge in [0.15, 0.2) is 0 Å². The molecule has 0 aliphatic carbocycles. The summed E-state index contributed by atoms with van der Waals surface area (Å²) in [6, 6.07) is 13.4. The van der Waals surface area contributed by atoms with Crippen LogP contribution < -0.4 is 15.8 Å². The quantitative estimate of drug-likeness (QED) is 0.676. The number of ether oxygens (including phenoxy) is 1. The zero-order chi connectivity index (χ0) is 16.4. The van der Waals surface area contributed by atoms with Gasteiger partial charge in [0.05, 0.1) is 29.6 Å². The van der Waals surface area contributed by atoms with Crippen molar-refractivity contribution in [2.24, 2.45) is 0 Å². The summed E-state index contributed by atoms with van der Waals surface area (Å²) >= 11 is 3.44. The Morgan fingerprint density at radius 2 is 2.13 bits per heavy atom. The molecule has 1 heterocycles. The van der Waals surface area contributed by atoms with Crippen LogP contribution in [0.5, 0.6) is 5.75 Å². The van der Waals surface area contributed by atoms with E-state index in [1.807, 2.05) is 24.3 Å². The number of halogens is 1. The van der Waals surface area contributed by atoms with E-state index in [4.69, 9.17) is 10.5 Å². The molecule has 6 heteroatoms. The monoisotopic (exact) mass is 368 g/mol. The molecule has 1 aromatic heterocycles. The van der Waals surface area contributed by atoms with Crippen LogP contribution >= 0.6 is 15.9 Å². The molecule has 114 valence electrons. The van der Waals surface area contributed by atoms with Gasteiger partial charge in [-0.05, 0) is 24.3 Å². The van der Waals surface area contributed by atoms with Crippen LogP contribution in [0.15, 0.2) is 47.1 Å². The Kier molecular flexibility index (Phi) is 4.04. The Balaban J connectivity index is 2.20. The van der Waals surface area contributed by atoms with Crippen LogP contribution in [-0.4, -0.2) is 12.1 Å². The Hall–Kier alpha value is -2.78. The van der Waals surface area contributed by atoms with Gasteiger partial charge in [-0.3, -0.25) is 4.98 Å². The summed E-state index contributed by atoms with van der Waals surface area (Å²) in [6.07, 6.45) is 1.54. The average molecular weight is 369 g/mol. The zero-order valence-electron chi connectivity index (χ0n) is 12.3. The summed E-state index contributed by atoms with van der Waals surface area (Å²) < 4.78 is 6.17. The first-order valence-corrected chi connectivity index (χ1v) is 7.60. The van der Waals surface area contributed by atoms with E-state index in [9.17, 15) is 5.26 Å². The Morgan fingerprint density at radius 3 is 2.83 bits per heavy atom. The van der Waals surface area contributed by atoms with Gasteiger partial charge in [0.25, 0.3) is 0 Å². The number of hydrogen-bond donors (Lipinski definition) is 2. The fourth-order valence-corrected chi connectivity index (χ4v) is 2.74. The maximum atomic E-state index is 9.39. The number of aromatic nitrogens is 1. The third-order valence-corrected chi connectivity index (χ3v) is 3.93. The number of fused-ring (bicyclic) bond motifs is 1. The summed E-state index contributed by atoms with van der Waals surface area (Å²) in [6.45, 7) is 0. The van der Waals surface area contributed by atoms with E-state index in [1.54, 1.807) is 19.2 Å². The van der Waals surface area contributed by atoms with E-state index < -0.39 is 0 Å². The van der Waals surface area contributed by atoms with Crippen LogP contribution in [0.4, 0.5) is 17.1 Å². The van der Waals surface area contributed by atoms with Crippen molar-refractivity contribution in [1.29, 1.82) is 5.26 Å². The predicted octanol–water partition coefficient (Wildman–Crippen LogP) is 4.20. The number of rotatable bonds is 3.